The second kappa shape index (κ2) is 7.51. The maximum Gasteiger partial charge on any atom is 0.170 e. The highest BCUT2D eigenvalue weighted by molar-refractivity contribution is 7.80. The maximum absolute atomic E-state index is 5.20. The number of benzene rings is 1. The first-order valence-electron chi connectivity index (χ1n) is 6.17. The van der Waals surface area contributed by atoms with Crippen LogP contribution in [-0.2, 0) is 4.74 Å². The number of ether oxygens (including phenoxy) is 1. The second-order valence-electron chi connectivity index (χ2n) is 4.03. The van der Waals surface area contributed by atoms with Crippen molar-refractivity contribution >= 4 is 23.0 Å². The topological polar surface area (TPSA) is 76.9 Å². The molecule has 1 aromatic carbocycles. The summed E-state index contributed by atoms with van der Waals surface area (Å²) in [5, 5.41) is 17.8. The summed E-state index contributed by atoms with van der Waals surface area (Å²) in [6.07, 6.45) is 2.46. The molecule has 0 aliphatic carbocycles. The molecule has 0 radical (unpaired) electrons. The van der Waals surface area contributed by atoms with Crippen LogP contribution in [0.5, 0.6) is 0 Å². The lowest BCUT2D eigenvalue weighted by Gasteiger charge is -2.10. The van der Waals surface area contributed by atoms with Crippen LogP contribution in [-0.4, -0.2) is 45.6 Å². The number of rotatable bonds is 6. The van der Waals surface area contributed by atoms with Gasteiger partial charge in [0.05, 0.1) is 5.69 Å². The Balaban J connectivity index is 1.83. The van der Waals surface area contributed by atoms with Crippen LogP contribution < -0.4 is 10.6 Å². The first kappa shape index (κ1) is 14.4. The molecule has 20 heavy (non-hydrogen) atoms. The molecule has 1 heterocycles. The number of hydrogen-bond donors (Lipinski definition) is 2. The van der Waals surface area contributed by atoms with Crippen LogP contribution in [0.3, 0.4) is 0 Å². The van der Waals surface area contributed by atoms with E-state index in [0.29, 0.717) is 5.11 Å². The fourth-order valence-corrected chi connectivity index (χ4v) is 1.79. The van der Waals surface area contributed by atoms with Gasteiger partial charge in [0.1, 0.15) is 6.33 Å². The molecule has 1 aromatic heterocycles. The molecule has 106 valence electrons. The molecule has 0 saturated heterocycles. The number of hydrogen-bond acceptors (Lipinski definition) is 5. The van der Waals surface area contributed by atoms with Gasteiger partial charge in [0.25, 0.3) is 0 Å². The number of nitrogens with zero attached hydrogens (tertiary/aromatic N) is 4. The van der Waals surface area contributed by atoms with Gasteiger partial charge in [-0.15, -0.1) is 5.10 Å². The molecule has 0 amide bonds. The summed E-state index contributed by atoms with van der Waals surface area (Å²) >= 11 is 5.20. The Morgan fingerprint density at radius 2 is 2.15 bits per heavy atom. The summed E-state index contributed by atoms with van der Waals surface area (Å²) in [5.74, 6) is 0. The quantitative estimate of drug-likeness (QED) is 0.607. The minimum atomic E-state index is 0.594. The van der Waals surface area contributed by atoms with Crippen molar-refractivity contribution in [1.29, 1.82) is 0 Å². The van der Waals surface area contributed by atoms with E-state index in [0.717, 1.165) is 30.9 Å². The minimum absolute atomic E-state index is 0.594. The van der Waals surface area contributed by atoms with Gasteiger partial charge in [-0.3, -0.25) is 0 Å². The van der Waals surface area contributed by atoms with Crippen LogP contribution in [0.15, 0.2) is 30.6 Å². The smallest absolute Gasteiger partial charge is 0.170 e. The molecule has 0 saturated carbocycles. The molecule has 0 fully saturated rings. The fourth-order valence-electron chi connectivity index (χ4n) is 1.57. The van der Waals surface area contributed by atoms with Crippen molar-refractivity contribution in [2.45, 2.75) is 6.42 Å². The second-order valence-corrected chi connectivity index (χ2v) is 4.44. The molecule has 2 rings (SSSR count). The predicted molar refractivity (Wildman–Crippen MR) is 79.9 cm³/mol. The molecule has 0 aliphatic heterocycles. The van der Waals surface area contributed by atoms with Crippen molar-refractivity contribution in [2.75, 3.05) is 25.6 Å². The van der Waals surface area contributed by atoms with Crippen LogP contribution in [0.25, 0.3) is 5.69 Å². The average Bonchev–Trinajstić information content (AvgIpc) is 2.99. The zero-order chi connectivity index (χ0) is 14.2. The Hall–Kier alpha value is -2.06. The van der Waals surface area contributed by atoms with E-state index in [4.69, 9.17) is 17.0 Å². The van der Waals surface area contributed by atoms with Gasteiger partial charge in [0.15, 0.2) is 5.11 Å². The number of anilines is 1. The van der Waals surface area contributed by atoms with Gasteiger partial charge in [0.2, 0.25) is 0 Å². The molecule has 0 unspecified atom stereocenters. The molecule has 7 nitrogen and oxygen atoms in total. The van der Waals surface area contributed by atoms with E-state index in [9.17, 15) is 0 Å². The minimum Gasteiger partial charge on any atom is -0.385 e. The Kier molecular flexibility index (Phi) is 5.39. The van der Waals surface area contributed by atoms with Crippen molar-refractivity contribution < 1.29 is 4.74 Å². The van der Waals surface area contributed by atoms with E-state index in [2.05, 4.69) is 26.2 Å². The third-order valence-electron chi connectivity index (χ3n) is 2.55. The highest BCUT2D eigenvalue weighted by Gasteiger charge is 2.00. The van der Waals surface area contributed by atoms with Crippen molar-refractivity contribution in [3.05, 3.63) is 30.6 Å². The third kappa shape index (κ3) is 4.25. The fraction of sp³-hybridized carbons (Fsp3) is 0.333. The summed E-state index contributed by atoms with van der Waals surface area (Å²) < 4.78 is 6.56. The lowest BCUT2D eigenvalue weighted by Crippen LogP contribution is -2.29. The Morgan fingerprint density at radius 1 is 1.35 bits per heavy atom. The average molecular weight is 292 g/mol. The number of aromatic nitrogens is 4. The molecular formula is C12H16N6OS. The van der Waals surface area contributed by atoms with Crippen LogP contribution >= 0.6 is 12.2 Å². The first-order valence-corrected chi connectivity index (χ1v) is 6.57. The maximum atomic E-state index is 5.20. The van der Waals surface area contributed by atoms with Crippen molar-refractivity contribution in [3.63, 3.8) is 0 Å². The molecule has 0 spiro atoms. The third-order valence-corrected chi connectivity index (χ3v) is 2.80. The summed E-state index contributed by atoms with van der Waals surface area (Å²) in [7, 11) is 1.68. The van der Waals surface area contributed by atoms with E-state index < -0.39 is 0 Å². The number of thiocarbonyl (C=S) groups is 1. The zero-order valence-electron chi connectivity index (χ0n) is 11.1. The molecule has 2 aromatic rings. The lowest BCUT2D eigenvalue weighted by molar-refractivity contribution is 0.196. The Bertz CT molecular complexity index is 527. The number of nitrogens with one attached hydrogen (secondary N) is 2. The largest absolute Gasteiger partial charge is 0.385 e. The van der Waals surface area contributed by atoms with Gasteiger partial charge >= 0.3 is 0 Å². The SMILES string of the molecule is COCCCNC(=S)Nc1ccc(-n2cnnn2)cc1. The summed E-state index contributed by atoms with van der Waals surface area (Å²) in [6.45, 7) is 1.50. The molecular weight excluding hydrogens is 276 g/mol. The van der Waals surface area contributed by atoms with E-state index in [1.54, 1.807) is 18.1 Å². The monoisotopic (exact) mass is 292 g/mol. The van der Waals surface area contributed by atoms with Crippen LogP contribution in [0, 0.1) is 0 Å². The van der Waals surface area contributed by atoms with Crippen molar-refractivity contribution in [1.82, 2.24) is 25.5 Å². The van der Waals surface area contributed by atoms with Crippen LogP contribution in [0.4, 0.5) is 5.69 Å². The molecule has 0 aliphatic rings. The Morgan fingerprint density at radius 3 is 2.80 bits per heavy atom. The molecule has 8 heteroatoms. The van der Waals surface area contributed by atoms with E-state index in [1.165, 1.54) is 0 Å². The number of tetrazole rings is 1. The Labute approximate surface area is 122 Å². The van der Waals surface area contributed by atoms with Gasteiger partial charge in [-0.1, -0.05) is 0 Å². The van der Waals surface area contributed by atoms with E-state index >= 15 is 0 Å². The predicted octanol–water partition coefficient (Wildman–Crippen LogP) is 0.985. The van der Waals surface area contributed by atoms with Crippen molar-refractivity contribution in [2.24, 2.45) is 0 Å². The zero-order valence-corrected chi connectivity index (χ0v) is 11.9. The lowest BCUT2D eigenvalue weighted by atomic mass is 10.3. The van der Waals surface area contributed by atoms with Gasteiger partial charge < -0.3 is 15.4 Å². The van der Waals surface area contributed by atoms with E-state index in [-0.39, 0.29) is 0 Å². The van der Waals surface area contributed by atoms with Gasteiger partial charge in [-0.05, 0) is 53.3 Å². The van der Waals surface area contributed by atoms with Gasteiger partial charge in [-0.25, -0.2) is 4.68 Å². The summed E-state index contributed by atoms with van der Waals surface area (Å²) in [6, 6.07) is 7.65. The number of methoxy groups -OCH3 is 1. The highest BCUT2D eigenvalue weighted by Crippen LogP contribution is 2.11. The molecule has 2 N–H and O–H groups in total. The molecule has 0 bridgehead atoms. The normalized spacial score (nSPS) is 10.2. The molecule has 0 atom stereocenters. The van der Waals surface area contributed by atoms with Crippen LogP contribution in [0.2, 0.25) is 0 Å². The van der Waals surface area contributed by atoms with Gasteiger partial charge in [-0.2, -0.15) is 0 Å². The van der Waals surface area contributed by atoms with E-state index in [1.807, 2.05) is 24.3 Å². The highest BCUT2D eigenvalue weighted by atomic mass is 32.1. The first-order chi connectivity index (χ1) is 9.79. The van der Waals surface area contributed by atoms with Crippen molar-refractivity contribution in [3.8, 4) is 5.69 Å². The summed E-state index contributed by atoms with van der Waals surface area (Å²) in [4.78, 5) is 0. The van der Waals surface area contributed by atoms with Gasteiger partial charge in [0, 0.05) is 25.9 Å². The van der Waals surface area contributed by atoms with Crippen LogP contribution in [0.1, 0.15) is 6.42 Å². The standard InChI is InChI=1S/C12H16N6OS/c1-19-8-2-7-13-12(20)15-10-3-5-11(6-4-10)18-9-14-16-17-18/h3-6,9H,2,7-8H2,1H3,(H2,13,15,20). The summed E-state index contributed by atoms with van der Waals surface area (Å²) in [5.41, 5.74) is 1.80.